The Morgan fingerprint density at radius 3 is 1.07 bits per heavy atom. The summed E-state index contributed by atoms with van der Waals surface area (Å²) in [5.41, 5.74) is 0. The number of allylic oxidation sites excluding steroid dienone is 5. The van der Waals surface area contributed by atoms with Gasteiger partial charge >= 0.3 is 5.97 Å². The number of aliphatic hydroxyl groups excluding tert-OH is 2. The summed E-state index contributed by atoms with van der Waals surface area (Å²) < 4.78 is 5.47. The maximum Gasteiger partial charge on any atom is 0.305 e. The Hall–Kier alpha value is -1.92. The first-order valence-electron chi connectivity index (χ1n) is 33.8. The Kier molecular flexibility index (Phi) is 63.0. The van der Waals surface area contributed by atoms with Crippen LogP contribution in [0, 0.1) is 0 Å². The molecule has 0 rings (SSSR count). The van der Waals surface area contributed by atoms with Crippen LogP contribution >= 0.6 is 0 Å². The molecule has 0 radical (unpaired) electrons. The van der Waals surface area contributed by atoms with E-state index in [4.69, 9.17) is 4.74 Å². The van der Waals surface area contributed by atoms with Crippen molar-refractivity contribution in [2.24, 2.45) is 0 Å². The number of hydrogen-bond donors (Lipinski definition) is 3. The lowest BCUT2D eigenvalue weighted by atomic mass is 10.0. The van der Waals surface area contributed by atoms with Crippen LogP contribution in [0.3, 0.4) is 0 Å². The molecule has 0 aliphatic rings. The zero-order valence-corrected chi connectivity index (χ0v) is 50.5. The van der Waals surface area contributed by atoms with Crippen LogP contribution in [0.2, 0.25) is 0 Å². The molecule has 2 atom stereocenters. The molecular formula is C69H131NO5. The number of ether oxygens (including phenoxy) is 1. The predicted octanol–water partition coefficient (Wildman–Crippen LogP) is 21.5. The minimum Gasteiger partial charge on any atom is -0.466 e. The van der Waals surface area contributed by atoms with Crippen LogP contribution in [-0.4, -0.2) is 47.4 Å². The Balaban J connectivity index is 3.39. The fraction of sp³-hybridized carbons (Fsp3) is 0.884. The summed E-state index contributed by atoms with van der Waals surface area (Å²) in [6, 6.07) is -0.627. The van der Waals surface area contributed by atoms with Crippen molar-refractivity contribution in [2.75, 3.05) is 13.2 Å². The minimum atomic E-state index is -0.844. The largest absolute Gasteiger partial charge is 0.466 e. The van der Waals surface area contributed by atoms with Crippen molar-refractivity contribution in [3.05, 3.63) is 36.5 Å². The van der Waals surface area contributed by atoms with Crippen molar-refractivity contribution in [1.82, 2.24) is 5.32 Å². The summed E-state index contributed by atoms with van der Waals surface area (Å²) in [5, 5.41) is 23.2. The first kappa shape index (κ1) is 73.1. The first-order valence-corrected chi connectivity index (χ1v) is 33.8. The smallest absolute Gasteiger partial charge is 0.305 e. The molecule has 0 saturated carbocycles. The van der Waals surface area contributed by atoms with Crippen molar-refractivity contribution in [1.29, 1.82) is 0 Å². The van der Waals surface area contributed by atoms with Crippen LogP contribution in [0.4, 0.5) is 0 Å². The van der Waals surface area contributed by atoms with E-state index in [9.17, 15) is 19.8 Å². The van der Waals surface area contributed by atoms with Gasteiger partial charge in [0.05, 0.1) is 25.4 Å². The number of unbranched alkanes of at least 4 members (excludes halogenated alkanes) is 48. The molecule has 0 fully saturated rings. The van der Waals surface area contributed by atoms with Gasteiger partial charge in [-0.3, -0.25) is 9.59 Å². The van der Waals surface area contributed by atoms with E-state index >= 15 is 0 Å². The third kappa shape index (κ3) is 61.2. The third-order valence-corrected chi connectivity index (χ3v) is 15.6. The Bertz CT molecular complexity index is 1210. The molecule has 75 heavy (non-hydrogen) atoms. The predicted molar refractivity (Wildman–Crippen MR) is 329 cm³/mol. The van der Waals surface area contributed by atoms with Crippen LogP contribution in [0.15, 0.2) is 36.5 Å². The van der Waals surface area contributed by atoms with Gasteiger partial charge in [0.1, 0.15) is 0 Å². The summed E-state index contributed by atoms with van der Waals surface area (Å²) in [4.78, 5) is 24.5. The fourth-order valence-corrected chi connectivity index (χ4v) is 10.5. The topological polar surface area (TPSA) is 95.9 Å². The van der Waals surface area contributed by atoms with E-state index in [-0.39, 0.29) is 18.5 Å². The van der Waals surface area contributed by atoms with Crippen LogP contribution in [0.25, 0.3) is 0 Å². The maximum absolute atomic E-state index is 12.5. The van der Waals surface area contributed by atoms with Crippen LogP contribution < -0.4 is 5.32 Å². The number of carbonyl (C=O) groups excluding carboxylic acids is 2. The Labute approximate surface area is 468 Å². The van der Waals surface area contributed by atoms with Gasteiger partial charge in [-0.25, -0.2) is 0 Å². The molecule has 2 unspecified atom stereocenters. The van der Waals surface area contributed by atoms with Crippen LogP contribution in [0.5, 0.6) is 0 Å². The van der Waals surface area contributed by atoms with Gasteiger partial charge in [-0.05, 0) is 57.8 Å². The average Bonchev–Trinajstić information content (AvgIpc) is 3.41. The third-order valence-electron chi connectivity index (χ3n) is 15.6. The van der Waals surface area contributed by atoms with Crippen molar-refractivity contribution in [3.8, 4) is 0 Å². The number of hydrogen-bond acceptors (Lipinski definition) is 5. The number of amides is 1. The van der Waals surface area contributed by atoms with Gasteiger partial charge in [0.2, 0.25) is 5.91 Å². The number of carbonyl (C=O) groups is 2. The molecule has 0 aromatic carbocycles. The fourth-order valence-electron chi connectivity index (χ4n) is 10.5. The molecule has 6 nitrogen and oxygen atoms in total. The van der Waals surface area contributed by atoms with Crippen LogP contribution in [-0.2, 0) is 14.3 Å². The van der Waals surface area contributed by atoms with Crippen molar-refractivity contribution < 1.29 is 24.5 Å². The second-order valence-electron chi connectivity index (χ2n) is 23.2. The highest BCUT2D eigenvalue weighted by molar-refractivity contribution is 5.76. The van der Waals surface area contributed by atoms with Gasteiger partial charge in [-0.15, -0.1) is 0 Å². The number of nitrogens with one attached hydrogen (secondary N) is 1. The van der Waals surface area contributed by atoms with Crippen molar-refractivity contribution in [2.45, 2.75) is 379 Å². The molecule has 442 valence electrons. The highest BCUT2D eigenvalue weighted by Crippen LogP contribution is 2.18. The van der Waals surface area contributed by atoms with Gasteiger partial charge in [-0.2, -0.15) is 0 Å². The lowest BCUT2D eigenvalue weighted by molar-refractivity contribution is -0.143. The highest BCUT2D eigenvalue weighted by atomic mass is 16.5. The summed E-state index contributed by atoms with van der Waals surface area (Å²) in [7, 11) is 0. The average molecular weight is 1050 g/mol. The molecule has 0 aromatic heterocycles. The van der Waals surface area contributed by atoms with Crippen molar-refractivity contribution in [3.63, 3.8) is 0 Å². The molecule has 0 aliphatic heterocycles. The van der Waals surface area contributed by atoms with Gasteiger partial charge in [0.25, 0.3) is 0 Å². The first-order chi connectivity index (χ1) is 37.0. The van der Waals surface area contributed by atoms with Gasteiger partial charge in [-0.1, -0.05) is 333 Å². The molecule has 0 aromatic rings. The van der Waals surface area contributed by atoms with Gasteiger partial charge in [0.15, 0.2) is 0 Å². The summed E-state index contributed by atoms with van der Waals surface area (Å²) in [5.74, 6) is -0.0611. The normalized spacial score (nSPS) is 12.7. The van der Waals surface area contributed by atoms with E-state index < -0.39 is 12.1 Å². The molecule has 0 spiro atoms. The standard InChI is InChI=1S/C69H131NO5/c1-3-5-7-9-11-13-15-17-18-19-28-31-34-38-41-45-49-53-57-61-67(72)66(65-71)70-68(73)62-58-54-50-46-42-39-35-32-29-26-24-22-20-21-23-25-27-30-33-36-40-44-48-52-56-60-64-75-69(74)63-59-55-51-47-43-37-16-14-12-10-8-6-4-2/h8,10,14,16,57,61,66-67,71-72H,3-7,9,11-13,15,17-56,58-60,62-65H2,1-2H3,(H,70,73)/b10-8-,16-14-,61-57+. The summed E-state index contributed by atoms with van der Waals surface area (Å²) in [6.45, 7) is 4.86. The van der Waals surface area contributed by atoms with E-state index in [1.165, 1.54) is 289 Å². The summed E-state index contributed by atoms with van der Waals surface area (Å²) in [6.07, 6.45) is 82.1. The molecule has 0 heterocycles. The second kappa shape index (κ2) is 64.6. The zero-order chi connectivity index (χ0) is 54.3. The molecule has 1 amide bonds. The molecule has 3 N–H and O–H groups in total. The van der Waals surface area contributed by atoms with Gasteiger partial charge < -0.3 is 20.3 Å². The lowest BCUT2D eigenvalue weighted by Gasteiger charge is -2.20. The summed E-state index contributed by atoms with van der Waals surface area (Å²) >= 11 is 0. The Morgan fingerprint density at radius 2 is 0.693 bits per heavy atom. The SMILES string of the molecule is CCC/C=C\C/C=C\CCCCCCCC(=O)OCCCCCCCCCCCCCCCCCCCCCCCCCCCCC(=O)NC(CO)C(O)/C=C/CCCCCCCCCCCCCCCCCCC. The van der Waals surface area contributed by atoms with Crippen LogP contribution in [0.1, 0.15) is 367 Å². The monoisotopic (exact) mass is 1050 g/mol. The van der Waals surface area contributed by atoms with E-state index in [1.54, 1.807) is 6.08 Å². The molecule has 6 heteroatoms. The van der Waals surface area contributed by atoms with E-state index in [0.29, 0.717) is 19.4 Å². The Morgan fingerprint density at radius 1 is 0.373 bits per heavy atom. The van der Waals surface area contributed by atoms with Gasteiger partial charge in [0, 0.05) is 12.8 Å². The second-order valence-corrected chi connectivity index (χ2v) is 23.2. The zero-order valence-electron chi connectivity index (χ0n) is 50.5. The molecule has 0 aliphatic carbocycles. The van der Waals surface area contributed by atoms with E-state index in [2.05, 4.69) is 43.5 Å². The van der Waals surface area contributed by atoms with E-state index in [1.807, 2.05) is 6.08 Å². The number of aliphatic hydroxyl groups is 2. The van der Waals surface area contributed by atoms with Crippen molar-refractivity contribution >= 4 is 11.9 Å². The number of rotatable bonds is 63. The molecular weight excluding hydrogens is 923 g/mol. The highest BCUT2D eigenvalue weighted by Gasteiger charge is 2.18. The minimum absolute atomic E-state index is 0.00170. The quantitative estimate of drug-likeness (QED) is 0.0320. The molecule has 0 bridgehead atoms. The lowest BCUT2D eigenvalue weighted by Crippen LogP contribution is -2.45. The van der Waals surface area contributed by atoms with E-state index in [0.717, 1.165) is 51.4 Å². The molecule has 0 saturated heterocycles. The number of esters is 1. The maximum atomic E-state index is 12.5.